The highest BCUT2D eigenvalue weighted by atomic mass is 35.5. The molecule has 2 rings (SSSR count). The van der Waals surface area contributed by atoms with Crippen LogP contribution in [0.2, 0.25) is 5.02 Å². The van der Waals surface area contributed by atoms with Crippen LogP contribution in [0.5, 0.6) is 5.75 Å². The Morgan fingerprint density at radius 2 is 1.64 bits per heavy atom. The zero-order valence-corrected chi connectivity index (χ0v) is 16.0. The van der Waals surface area contributed by atoms with E-state index in [1.54, 1.807) is 0 Å². The van der Waals surface area contributed by atoms with Crippen LogP contribution in [0.15, 0.2) is 48.5 Å². The van der Waals surface area contributed by atoms with Crippen molar-refractivity contribution in [2.75, 3.05) is 6.54 Å². The molecule has 0 amide bonds. The molecule has 2 aromatic carbocycles. The molecule has 0 radical (unpaired) electrons. The lowest BCUT2D eigenvalue weighted by Gasteiger charge is -2.09. The highest BCUT2D eigenvalue weighted by molar-refractivity contribution is 6.30. The van der Waals surface area contributed by atoms with Gasteiger partial charge in [-0.3, -0.25) is 0 Å². The van der Waals surface area contributed by atoms with E-state index in [1.165, 1.54) is 44.1 Å². The lowest BCUT2D eigenvalue weighted by molar-refractivity contribution is 0.306. The highest BCUT2D eigenvalue weighted by Gasteiger charge is 1.99. The summed E-state index contributed by atoms with van der Waals surface area (Å²) in [5.41, 5.74) is 2.38. The molecule has 0 saturated heterocycles. The quantitative estimate of drug-likeness (QED) is 0.444. The van der Waals surface area contributed by atoms with Crippen LogP contribution in [-0.2, 0) is 13.2 Å². The average Bonchev–Trinajstić information content (AvgIpc) is 2.64. The Balaban J connectivity index is 1.65. The molecular formula is C22H30ClNO. The SMILES string of the molecule is CCCCCCCCNCc1cccc(OCc2ccc(Cl)cc2)c1. The molecule has 0 fully saturated rings. The number of hydrogen-bond donors (Lipinski definition) is 1. The molecule has 0 aliphatic carbocycles. The molecule has 0 aliphatic heterocycles. The molecular weight excluding hydrogens is 330 g/mol. The minimum absolute atomic E-state index is 0.561. The highest BCUT2D eigenvalue weighted by Crippen LogP contribution is 2.16. The maximum Gasteiger partial charge on any atom is 0.120 e. The first kappa shape index (κ1) is 19.8. The lowest BCUT2D eigenvalue weighted by atomic mass is 10.1. The van der Waals surface area contributed by atoms with E-state index in [2.05, 4.69) is 30.4 Å². The van der Waals surface area contributed by atoms with Crippen molar-refractivity contribution in [3.05, 3.63) is 64.7 Å². The van der Waals surface area contributed by atoms with Gasteiger partial charge in [-0.05, 0) is 48.4 Å². The summed E-state index contributed by atoms with van der Waals surface area (Å²) in [7, 11) is 0. The Morgan fingerprint density at radius 1 is 0.880 bits per heavy atom. The van der Waals surface area contributed by atoms with Gasteiger partial charge in [-0.15, -0.1) is 0 Å². The van der Waals surface area contributed by atoms with Crippen molar-refractivity contribution in [2.45, 2.75) is 58.6 Å². The van der Waals surface area contributed by atoms with E-state index in [0.717, 1.165) is 29.4 Å². The maximum absolute atomic E-state index is 5.90. The summed E-state index contributed by atoms with van der Waals surface area (Å²) in [5, 5.41) is 4.28. The molecule has 25 heavy (non-hydrogen) atoms. The first-order valence-electron chi connectivity index (χ1n) is 9.45. The fraction of sp³-hybridized carbons (Fsp3) is 0.455. The number of ether oxygens (including phenoxy) is 1. The van der Waals surface area contributed by atoms with Crippen molar-refractivity contribution in [1.29, 1.82) is 0 Å². The van der Waals surface area contributed by atoms with E-state index in [9.17, 15) is 0 Å². The Labute approximate surface area is 157 Å². The fourth-order valence-corrected chi connectivity index (χ4v) is 2.88. The van der Waals surface area contributed by atoms with Gasteiger partial charge in [-0.1, -0.05) is 74.9 Å². The van der Waals surface area contributed by atoms with E-state index < -0.39 is 0 Å². The standard InChI is InChI=1S/C22H30ClNO/c1-2-3-4-5-6-7-15-24-17-20-9-8-10-22(16-20)25-18-19-11-13-21(23)14-12-19/h8-14,16,24H,2-7,15,17-18H2,1H3. The van der Waals surface area contributed by atoms with Crippen molar-refractivity contribution in [3.63, 3.8) is 0 Å². The summed E-state index contributed by atoms with van der Waals surface area (Å²) in [6, 6.07) is 16.1. The second-order valence-electron chi connectivity index (χ2n) is 6.51. The van der Waals surface area contributed by atoms with Crippen molar-refractivity contribution < 1.29 is 4.74 Å². The van der Waals surface area contributed by atoms with Gasteiger partial charge in [0.25, 0.3) is 0 Å². The summed E-state index contributed by atoms with van der Waals surface area (Å²) in [4.78, 5) is 0. The van der Waals surface area contributed by atoms with Crippen LogP contribution < -0.4 is 10.1 Å². The first-order valence-corrected chi connectivity index (χ1v) is 9.82. The van der Waals surface area contributed by atoms with Crippen LogP contribution in [-0.4, -0.2) is 6.54 Å². The zero-order chi connectivity index (χ0) is 17.7. The predicted octanol–water partition coefficient (Wildman–Crippen LogP) is 6.37. The summed E-state index contributed by atoms with van der Waals surface area (Å²) < 4.78 is 5.88. The average molecular weight is 360 g/mol. The number of halogens is 1. The second-order valence-corrected chi connectivity index (χ2v) is 6.94. The molecule has 0 spiro atoms. The fourth-order valence-electron chi connectivity index (χ4n) is 2.76. The van der Waals surface area contributed by atoms with Crippen LogP contribution in [0.25, 0.3) is 0 Å². The third kappa shape index (κ3) is 8.42. The summed E-state index contributed by atoms with van der Waals surface area (Å²) in [6.07, 6.45) is 8.02. The molecule has 0 bridgehead atoms. The summed E-state index contributed by atoms with van der Waals surface area (Å²) in [5.74, 6) is 0.911. The van der Waals surface area contributed by atoms with E-state index in [4.69, 9.17) is 16.3 Å². The minimum Gasteiger partial charge on any atom is -0.489 e. The topological polar surface area (TPSA) is 21.3 Å². The normalized spacial score (nSPS) is 10.8. The van der Waals surface area contributed by atoms with Crippen LogP contribution >= 0.6 is 11.6 Å². The Bertz CT molecular complexity index is 597. The molecule has 2 aromatic rings. The van der Waals surface area contributed by atoms with Gasteiger partial charge >= 0.3 is 0 Å². The molecule has 2 nitrogen and oxygen atoms in total. The number of rotatable bonds is 12. The van der Waals surface area contributed by atoms with Gasteiger partial charge in [-0.25, -0.2) is 0 Å². The Kier molecular flexibility index (Phi) is 9.46. The first-order chi connectivity index (χ1) is 12.3. The van der Waals surface area contributed by atoms with E-state index in [0.29, 0.717) is 6.61 Å². The monoisotopic (exact) mass is 359 g/mol. The zero-order valence-electron chi connectivity index (χ0n) is 15.3. The molecule has 0 unspecified atom stereocenters. The van der Waals surface area contributed by atoms with Crippen LogP contribution in [0.1, 0.15) is 56.6 Å². The molecule has 136 valence electrons. The molecule has 0 saturated carbocycles. The molecule has 0 atom stereocenters. The summed E-state index contributed by atoms with van der Waals surface area (Å²) in [6.45, 7) is 4.80. The third-order valence-electron chi connectivity index (χ3n) is 4.25. The van der Waals surface area contributed by atoms with Crippen LogP contribution in [0, 0.1) is 0 Å². The van der Waals surface area contributed by atoms with Crippen molar-refractivity contribution in [2.24, 2.45) is 0 Å². The van der Waals surface area contributed by atoms with Crippen molar-refractivity contribution >= 4 is 11.6 Å². The Hall–Kier alpha value is -1.51. The van der Waals surface area contributed by atoms with E-state index in [1.807, 2.05) is 30.3 Å². The van der Waals surface area contributed by atoms with Gasteiger partial charge in [0.15, 0.2) is 0 Å². The van der Waals surface area contributed by atoms with Gasteiger partial charge in [0.1, 0.15) is 12.4 Å². The summed E-state index contributed by atoms with van der Waals surface area (Å²) >= 11 is 5.90. The Morgan fingerprint density at radius 3 is 2.44 bits per heavy atom. The van der Waals surface area contributed by atoms with Gasteiger partial charge < -0.3 is 10.1 Å². The molecule has 1 N–H and O–H groups in total. The van der Waals surface area contributed by atoms with Gasteiger partial charge in [0.05, 0.1) is 0 Å². The number of benzene rings is 2. The number of hydrogen-bond acceptors (Lipinski definition) is 2. The third-order valence-corrected chi connectivity index (χ3v) is 4.51. The van der Waals surface area contributed by atoms with Crippen LogP contribution in [0.3, 0.4) is 0 Å². The molecule has 0 heterocycles. The number of unbranched alkanes of at least 4 members (excludes halogenated alkanes) is 5. The largest absolute Gasteiger partial charge is 0.489 e. The molecule has 0 aliphatic rings. The second kappa shape index (κ2) is 11.9. The van der Waals surface area contributed by atoms with E-state index >= 15 is 0 Å². The number of nitrogens with one attached hydrogen (secondary N) is 1. The predicted molar refractivity (Wildman–Crippen MR) is 107 cm³/mol. The van der Waals surface area contributed by atoms with Gasteiger partial charge in [-0.2, -0.15) is 0 Å². The van der Waals surface area contributed by atoms with Gasteiger partial charge in [0, 0.05) is 11.6 Å². The lowest BCUT2D eigenvalue weighted by Crippen LogP contribution is -2.14. The van der Waals surface area contributed by atoms with E-state index in [-0.39, 0.29) is 0 Å². The van der Waals surface area contributed by atoms with Crippen molar-refractivity contribution in [3.8, 4) is 5.75 Å². The maximum atomic E-state index is 5.90. The van der Waals surface area contributed by atoms with Crippen LogP contribution in [0.4, 0.5) is 0 Å². The smallest absolute Gasteiger partial charge is 0.120 e. The molecule has 0 aromatic heterocycles. The molecule has 3 heteroatoms. The van der Waals surface area contributed by atoms with Crippen molar-refractivity contribution in [1.82, 2.24) is 5.32 Å². The minimum atomic E-state index is 0.561. The van der Waals surface area contributed by atoms with Gasteiger partial charge in [0.2, 0.25) is 0 Å².